The standard InChI is InChI=1S/C28H30O4/c1-4-31-27(28(29)30)19-22-9-15-25(16-10-22)32-18-17-20(2)23-11-13-24(14-12-23)26-8-6-5-7-21(26)3/h5-17,27H,4,18-19H2,1-3H3,(H,29,30)/b20-17-. The summed E-state index contributed by atoms with van der Waals surface area (Å²) in [5.41, 5.74) is 6.95. The molecule has 0 saturated heterocycles. The molecule has 0 amide bonds. The van der Waals surface area contributed by atoms with Gasteiger partial charge in [-0.15, -0.1) is 0 Å². The van der Waals surface area contributed by atoms with Crippen LogP contribution in [0.3, 0.4) is 0 Å². The quantitative estimate of drug-likeness (QED) is 0.417. The second-order valence-electron chi connectivity index (χ2n) is 7.72. The van der Waals surface area contributed by atoms with Crippen molar-refractivity contribution in [2.75, 3.05) is 13.2 Å². The number of ether oxygens (including phenoxy) is 2. The fourth-order valence-electron chi connectivity index (χ4n) is 3.54. The largest absolute Gasteiger partial charge is 0.490 e. The van der Waals surface area contributed by atoms with Crippen molar-refractivity contribution in [1.82, 2.24) is 0 Å². The molecule has 32 heavy (non-hydrogen) atoms. The van der Waals surface area contributed by atoms with E-state index < -0.39 is 12.1 Å². The number of rotatable bonds is 10. The molecule has 0 aliphatic heterocycles. The van der Waals surface area contributed by atoms with Gasteiger partial charge >= 0.3 is 5.97 Å². The fourth-order valence-corrected chi connectivity index (χ4v) is 3.54. The Morgan fingerprint density at radius 3 is 2.31 bits per heavy atom. The smallest absolute Gasteiger partial charge is 0.333 e. The molecule has 0 aliphatic carbocycles. The number of aliphatic carboxylic acids is 1. The molecule has 1 unspecified atom stereocenters. The van der Waals surface area contributed by atoms with Gasteiger partial charge < -0.3 is 14.6 Å². The van der Waals surface area contributed by atoms with Gasteiger partial charge in [-0.25, -0.2) is 4.79 Å². The number of allylic oxidation sites excluding steroid dienone is 1. The topological polar surface area (TPSA) is 55.8 Å². The molecule has 3 aromatic rings. The van der Waals surface area contributed by atoms with Crippen LogP contribution in [0.25, 0.3) is 16.7 Å². The van der Waals surface area contributed by atoms with Crippen molar-refractivity contribution in [3.05, 3.63) is 95.6 Å². The monoisotopic (exact) mass is 430 g/mol. The van der Waals surface area contributed by atoms with Crippen LogP contribution in [0.5, 0.6) is 5.75 Å². The van der Waals surface area contributed by atoms with Gasteiger partial charge in [0.25, 0.3) is 0 Å². The van der Waals surface area contributed by atoms with Gasteiger partial charge in [0.05, 0.1) is 0 Å². The minimum Gasteiger partial charge on any atom is -0.490 e. The van der Waals surface area contributed by atoms with Crippen LogP contribution in [0.15, 0.2) is 78.9 Å². The zero-order chi connectivity index (χ0) is 22.9. The Kier molecular flexibility index (Phi) is 8.23. The Balaban J connectivity index is 1.56. The van der Waals surface area contributed by atoms with Gasteiger partial charge in [0.1, 0.15) is 12.4 Å². The van der Waals surface area contributed by atoms with Crippen molar-refractivity contribution in [1.29, 1.82) is 0 Å². The summed E-state index contributed by atoms with van der Waals surface area (Å²) in [7, 11) is 0. The number of benzene rings is 3. The number of carbonyl (C=O) groups is 1. The first-order valence-electron chi connectivity index (χ1n) is 10.9. The van der Waals surface area contributed by atoms with Crippen LogP contribution < -0.4 is 4.74 Å². The molecule has 4 heteroatoms. The highest BCUT2D eigenvalue weighted by atomic mass is 16.5. The second-order valence-corrected chi connectivity index (χ2v) is 7.72. The Hall–Kier alpha value is -3.37. The van der Waals surface area contributed by atoms with Gasteiger partial charge in [-0.3, -0.25) is 0 Å². The summed E-state index contributed by atoms with van der Waals surface area (Å²) in [6, 6.07) is 24.5. The van der Waals surface area contributed by atoms with Gasteiger partial charge in [0.15, 0.2) is 6.10 Å². The SMILES string of the molecule is CCOC(Cc1ccc(OC/C=C(/C)c2ccc(-c3ccccc3C)cc2)cc1)C(=O)O. The van der Waals surface area contributed by atoms with Gasteiger partial charge in [0, 0.05) is 13.0 Å². The summed E-state index contributed by atoms with van der Waals surface area (Å²) in [6.07, 6.45) is 1.57. The van der Waals surface area contributed by atoms with Crippen LogP contribution in [-0.2, 0) is 16.0 Å². The summed E-state index contributed by atoms with van der Waals surface area (Å²) >= 11 is 0. The maximum Gasteiger partial charge on any atom is 0.333 e. The number of aryl methyl sites for hydroxylation is 1. The third-order valence-corrected chi connectivity index (χ3v) is 5.42. The lowest BCUT2D eigenvalue weighted by Crippen LogP contribution is -2.26. The van der Waals surface area contributed by atoms with E-state index in [0.29, 0.717) is 19.6 Å². The number of hydrogen-bond donors (Lipinski definition) is 1. The molecule has 0 aliphatic rings. The highest BCUT2D eigenvalue weighted by Gasteiger charge is 2.17. The van der Waals surface area contributed by atoms with Crippen molar-refractivity contribution in [2.24, 2.45) is 0 Å². The minimum absolute atomic E-state index is 0.334. The minimum atomic E-state index is -0.945. The first-order chi connectivity index (χ1) is 15.5. The lowest BCUT2D eigenvalue weighted by atomic mass is 9.98. The molecular weight excluding hydrogens is 400 g/mol. The Morgan fingerprint density at radius 1 is 1.00 bits per heavy atom. The fraction of sp³-hybridized carbons (Fsp3) is 0.250. The van der Waals surface area contributed by atoms with Crippen molar-refractivity contribution < 1.29 is 19.4 Å². The molecular formula is C28H30O4. The van der Waals surface area contributed by atoms with E-state index >= 15 is 0 Å². The Morgan fingerprint density at radius 2 is 1.69 bits per heavy atom. The first-order valence-corrected chi connectivity index (χ1v) is 10.9. The molecule has 4 nitrogen and oxygen atoms in total. The summed E-state index contributed by atoms with van der Waals surface area (Å²) in [6.45, 7) is 6.83. The van der Waals surface area contributed by atoms with Gasteiger partial charge in [-0.1, -0.05) is 60.7 Å². The molecule has 0 bridgehead atoms. The zero-order valence-corrected chi connectivity index (χ0v) is 18.9. The molecule has 3 rings (SSSR count). The summed E-state index contributed by atoms with van der Waals surface area (Å²) in [5, 5.41) is 9.21. The van der Waals surface area contributed by atoms with Crippen LogP contribution >= 0.6 is 0 Å². The number of carboxylic acids is 1. The maximum absolute atomic E-state index is 11.2. The van der Waals surface area contributed by atoms with E-state index in [0.717, 1.165) is 22.4 Å². The third-order valence-electron chi connectivity index (χ3n) is 5.42. The second kappa shape index (κ2) is 11.3. The van der Waals surface area contributed by atoms with E-state index in [4.69, 9.17) is 9.47 Å². The lowest BCUT2D eigenvalue weighted by molar-refractivity contribution is -0.149. The molecule has 0 radical (unpaired) electrons. The molecule has 0 fully saturated rings. The van der Waals surface area contributed by atoms with E-state index in [1.54, 1.807) is 6.92 Å². The van der Waals surface area contributed by atoms with E-state index in [9.17, 15) is 9.90 Å². The molecule has 166 valence electrons. The average Bonchev–Trinajstić information content (AvgIpc) is 2.80. The van der Waals surface area contributed by atoms with Crippen LogP contribution in [0.2, 0.25) is 0 Å². The zero-order valence-electron chi connectivity index (χ0n) is 18.9. The summed E-state index contributed by atoms with van der Waals surface area (Å²) in [5.74, 6) is -0.198. The van der Waals surface area contributed by atoms with Crippen molar-refractivity contribution in [3.8, 4) is 16.9 Å². The van der Waals surface area contributed by atoms with Crippen LogP contribution in [0, 0.1) is 6.92 Å². The van der Waals surface area contributed by atoms with E-state index in [1.165, 1.54) is 16.7 Å². The van der Waals surface area contributed by atoms with Crippen LogP contribution in [0.1, 0.15) is 30.5 Å². The molecule has 1 N–H and O–H groups in total. The van der Waals surface area contributed by atoms with Crippen molar-refractivity contribution >= 4 is 11.5 Å². The van der Waals surface area contributed by atoms with E-state index in [1.807, 2.05) is 24.3 Å². The number of carboxylic acid groups (broad SMARTS) is 1. The normalized spacial score (nSPS) is 12.4. The Labute approximate surface area is 190 Å². The molecule has 1 atom stereocenters. The molecule has 3 aromatic carbocycles. The number of hydrogen-bond acceptors (Lipinski definition) is 3. The van der Waals surface area contributed by atoms with Crippen LogP contribution in [-0.4, -0.2) is 30.4 Å². The third kappa shape index (κ3) is 6.32. The van der Waals surface area contributed by atoms with Gasteiger partial charge in [-0.2, -0.15) is 0 Å². The van der Waals surface area contributed by atoms with E-state index in [-0.39, 0.29) is 0 Å². The molecule has 0 saturated carbocycles. The molecule has 0 heterocycles. The van der Waals surface area contributed by atoms with Crippen molar-refractivity contribution in [3.63, 3.8) is 0 Å². The predicted octanol–water partition coefficient (Wildman–Crippen LogP) is 6.18. The Bertz CT molecular complexity index is 1050. The van der Waals surface area contributed by atoms with Crippen molar-refractivity contribution in [2.45, 2.75) is 33.3 Å². The molecule has 0 aromatic heterocycles. The van der Waals surface area contributed by atoms with Crippen LogP contribution in [0.4, 0.5) is 0 Å². The van der Waals surface area contributed by atoms with Gasteiger partial charge in [-0.05, 0) is 72.4 Å². The van der Waals surface area contributed by atoms with E-state index in [2.05, 4.69) is 68.5 Å². The lowest BCUT2D eigenvalue weighted by Gasteiger charge is -2.12. The first kappa shape index (κ1) is 23.3. The summed E-state index contributed by atoms with van der Waals surface area (Å²) < 4.78 is 11.1. The summed E-state index contributed by atoms with van der Waals surface area (Å²) in [4.78, 5) is 11.2. The van der Waals surface area contributed by atoms with Gasteiger partial charge in [0.2, 0.25) is 0 Å². The molecule has 0 spiro atoms. The predicted molar refractivity (Wildman–Crippen MR) is 129 cm³/mol. The highest BCUT2D eigenvalue weighted by molar-refractivity contribution is 5.73. The average molecular weight is 431 g/mol. The maximum atomic E-state index is 11.2. The highest BCUT2D eigenvalue weighted by Crippen LogP contribution is 2.25.